The standard InChI is InChI=1S/C27H28ClFN4O4/c1-15(22-21(35-4)10-9-20(29)23(22)28)37-25-24-18(13-32-26(25)30)19(14-36-24)16-5-7-17(8-6-16)27(34)31-11-12-33(2)3/h5-10,13-15H,11-12H2,1-4H3,(H2,30,32)(H,31,34). The molecular weight excluding hydrogens is 499 g/mol. The van der Waals surface area contributed by atoms with E-state index in [2.05, 4.69) is 10.3 Å². The van der Waals surface area contributed by atoms with Crippen LogP contribution in [0.15, 0.2) is 53.3 Å². The lowest BCUT2D eigenvalue weighted by Crippen LogP contribution is -2.31. The lowest BCUT2D eigenvalue weighted by atomic mass is 10.0. The molecule has 2 aromatic heterocycles. The Bertz CT molecular complexity index is 1420. The van der Waals surface area contributed by atoms with Crippen molar-refractivity contribution in [2.75, 3.05) is 40.0 Å². The minimum atomic E-state index is -0.730. The van der Waals surface area contributed by atoms with Gasteiger partial charge in [0, 0.05) is 30.4 Å². The number of methoxy groups -OCH3 is 1. The number of halogens is 2. The van der Waals surface area contributed by atoms with Gasteiger partial charge in [-0.1, -0.05) is 23.7 Å². The molecule has 0 spiro atoms. The summed E-state index contributed by atoms with van der Waals surface area (Å²) in [6.07, 6.45) is 2.44. The second kappa shape index (κ2) is 11.1. The maximum absolute atomic E-state index is 14.2. The zero-order valence-electron chi connectivity index (χ0n) is 21.0. The first-order valence-electron chi connectivity index (χ1n) is 11.6. The quantitative estimate of drug-likeness (QED) is 0.304. The van der Waals surface area contributed by atoms with Gasteiger partial charge in [0.05, 0.1) is 29.3 Å². The van der Waals surface area contributed by atoms with E-state index in [1.807, 2.05) is 31.1 Å². The Morgan fingerprint density at radius 2 is 1.97 bits per heavy atom. The molecule has 1 amide bonds. The minimum Gasteiger partial charge on any atom is -0.496 e. The Kier molecular flexibility index (Phi) is 7.85. The number of benzene rings is 2. The molecule has 0 fully saturated rings. The minimum absolute atomic E-state index is 0.100. The molecule has 1 atom stereocenters. The Labute approximate surface area is 219 Å². The molecule has 0 aliphatic carbocycles. The summed E-state index contributed by atoms with van der Waals surface area (Å²) in [5.74, 6) is -0.0427. The van der Waals surface area contributed by atoms with E-state index in [9.17, 15) is 9.18 Å². The molecule has 3 N–H and O–H groups in total. The topological polar surface area (TPSA) is 103 Å². The number of rotatable bonds is 9. The predicted molar refractivity (Wildman–Crippen MR) is 142 cm³/mol. The number of nitrogen functional groups attached to an aromatic ring is 1. The molecule has 37 heavy (non-hydrogen) atoms. The van der Waals surface area contributed by atoms with Crippen LogP contribution >= 0.6 is 11.6 Å². The van der Waals surface area contributed by atoms with Crippen molar-refractivity contribution in [3.05, 3.63) is 70.8 Å². The molecule has 0 radical (unpaired) electrons. The van der Waals surface area contributed by atoms with Gasteiger partial charge in [0.1, 0.15) is 17.7 Å². The summed E-state index contributed by atoms with van der Waals surface area (Å²) in [7, 11) is 5.36. The number of hydrogen-bond donors (Lipinski definition) is 2. The van der Waals surface area contributed by atoms with Crippen molar-refractivity contribution in [3.8, 4) is 22.6 Å². The number of fused-ring (bicyclic) bond motifs is 1. The normalized spacial score (nSPS) is 12.1. The number of nitrogens with two attached hydrogens (primary N) is 1. The highest BCUT2D eigenvalue weighted by Gasteiger charge is 2.24. The number of nitrogens with zero attached hydrogens (tertiary/aromatic N) is 2. The van der Waals surface area contributed by atoms with Gasteiger partial charge in [0.25, 0.3) is 5.91 Å². The third kappa shape index (κ3) is 5.47. The summed E-state index contributed by atoms with van der Waals surface area (Å²) in [6.45, 7) is 3.01. The number of nitrogens with one attached hydrogen (secondary N) is 1. The van der Waals surface area contributed by atoms with Gasteiger partial charge in [-0.15, -0.1) is 0 Å². The van der Waals surface area contributed by atoms with E-state index in [0.717, 1.165) is 17.7 Å². The zero-order chi connectivity index (χ0) is 26.7. The summed E-state index contributed by atoms with van der Waals surface area (Å²) in [5, 5.41) is 3.46. The van der Waals surface area contributed by atoms with Crippen LogP contribution in [-0.2, 0) is 0 Å². The highest BCUT2D eigenvalue weighted by atomic mass is 35.5. The van der Waals surface area contributed by atoms with Crippen LogP contribution in [-0.4, -0.2) is 50.1 Å². The Morgan fingerprint density at radius 3 is 2.65 bits per heavy atom. The highest BCUT2D eigenvalue weighted by molar-refractivity contribution is 6.31. The van der Waals surface area contributed by atoms with Crippen molar-refractivity contribution in [2.45, 2.75) is 13.0 Å². The molecular formula is C27H28ClFN4O4. The lowest BCUT2D eigenvalue weighted by Gasteiger charge is -2.20. The molecule has 1 unspecified atom stereocenters. The van der Waals surface area contributed by atoms with E-state index in [-0.39, 0.29) is 22.5 Å². The van der Waals surface area contributed by atoms with E-state index in [0.29, 0.717) is 34.4 Å². The largest absolute Gasteiger partial charge is 0.496 e. The number of likely N-dealkylation sites (N-methyl/N-ethyl adjacent to an activating group) is 1. The maximum atomic E-state index is 14.2. The number of hydrogen-bond acceptors (Lipinski definition) is 7. The third-order valence-electron chi connectivity index (χ3n) is 5.92. The van der Waals surface area contributed by atoms with Crippen LogP contribution in [0, 0.1) is 5.82 Å². The first-order chi connectivity index (χ1) is 17.7. The monoisotopic (exact) mass is 526 g/mol. The molecule has 2 aromatic carbocycles. The Hall–Kier alpha value is -3.82. The summed E-state index contributed by atoms with van der Waals surface area (Å²) in [5.41, 5.74) is 8.98. The molecule has 0 bridgehead atoms. The molecule has 0 aliphatic heterocycles. The van der Waals surface area contributed by atoms with E-state index in [1.165, 1.54) is 19.2 Å². The fourth-order valence-corrected chi connectivity index (χ4v) is 4.26. The highest BCUT2D eigenvalue weighted by Crippen LogP contribution is 2.42. The van der Waals surface area contributed by atoms with Gasteiger partial charge in [-0.25, -0.2) is 9.37 Å². The summed E-state index contributed by atoms with van der Waals surface area (Å²) < 4.78 is 31.5. The SMILES string of the molecule is COc1ccc(F)c(Cl)c1C(C)Oc1c(N)ncc2c(-c3ccc(C(=O)NCCN(C)C)cc3)coc12. The van der Waals surface area contributed by atoms with E-state index in [1.54, 1.807) is 31.5 Å². The third-order valence-corrected chi connectivity index (χ3v) is 6.30. The van der Waals surface area contributed by atoms with Gasteiger partial charge >= 0.3 is 0 Å². The van der Waals surface area contributed by atoms with Gasteiger partial charge in [-0.05, 0) is 50.8 Å². The number of pyridine rings is 1. The van der Waals surface area contributed by atoms with E-state index in [4.69, 9.17) is 31.2 Å². The van der Waals surface area contributed by atoms with Crippen molar-refractivity contribution in [1.29, 1.82) is 0 Å². The number of furan rings is 1. The number of ether oxygens (including phenoxy) is 2. The number of anilines is 1. The van der Waals surface area contributed by atoms with Crippen molar-refractivity contribution >= 4 is 34.3 Å². The van der Waals surface area contributed by atoms with Crippen LogP contribution in [0.3, 0.4) is 0 Å². The smallest absolute Gasteiger partial charge is 0.251 e. The first kappa shape index (κ1) is 26.2. The molecule has 4 rings (SSSR count). The molecule has 0 aliphatic rings. The van der Waals surface area contributed by atoms with Crippen molar-refractivity contribution in [2.24, 2.45) is 0 Å². The van der Waals surface area contributed by atoms with E-state index >= 15 is 0 Å². The Balaban J connectivity index is 1.62. The second-order valence-corrected chi connectivity index (χ2v) is 9.12. The van der Waals surface area contributed by atoms with Crippen LogP contribution in [0.4, 0.5) is 10.2 Å². The zero-order valence-corrected chi connectivity index (χ0v) is 21.7. The second-order valence-electron chi connectivity index (χ2n) is 8.74. The fraction of sp³-hybridized carbons (Fsp3) is 0.259. The number of aromatic nitrogens is 1. The van der Waals surface area contributed by atoms with Crippen molar-refractivity contribution in [1.82, 2.24) is 15.2 Å². The summed E-state index contributed by atoms with van der Waals surface area (Å²) >= 11 is 6.22. The summed E-state index contributed by atoms with van der Waals surface area (Å²) in [6, 6.07) is 9.88. The van der Waals surface area contributed by atoms with Gasteiger partial charge in [-0.3, -0.25) is 4.79 Å². The Morgan fingerprint density at radius 1 is 1.24 bits per heavy atom. The molecule has 8 nitrogen and oxygen atoms in total. The summed E-state index contributed by atoms with van der Waals surface area (Å²) in [4.78, 5) is 18.7. The number of carbonyl (C=O) groups excluding carboxylic acids is 1. The van der Waals surface area contributed by atoms with E-state index < -0.39 is 11.9 Å². The average Bonchev–Trinajstić information content (AvgIpc) is 3.31. The molecule has 0 saturated carbocycles. The van der Waals surface area contributed by atoms with Crippen molar-refractivity contribution in [3.63, 3.8) is 0 Å². The fourth-order valence-electron chi connectivity index (χ4n) is 3.95. The van der Waals surface area contributed by atoms with Gasteiger partial charge < -0.3 is 29.8 Å². The average molecular weight is 527 g/mol. The first-order valence-corrected chi connectivity index (χ1v) is 12.0. The number of amides is 1. The van der Waals surface area contributed by atoms with Crippen LogP contribution < -0.4 is 20.5 Å². The van der Waals surface area contributed by atoms with Crippen LogP contribution in [0.2, 0.25) is 5.02 Å². The molecule has 10 heteroatoms. The molecule has 194 valence electrons. The van der Waals surface area contributed by atoms with Gasteiger partial charge in [-0.2, -0.15) is 0 Å². The van der Waals surface area contributed by atoms with Crippen molar-refractivity contribution < 1.29 is 23.1 Å². The molecule has 0 saturated heterocycles. The van der Waals surface area contributed by atoms with Gasteiger partial charge in [0.2, 0.25) is 5.75 Å². The maximum Gasteiger partial charge on any atom is 0.251 e. The molecule has 2 heterocycles. The van der Waals surface area contributed by atoms with Gasteiger partial charge in [0.15, 0.2) is 11.4 Å². The predicted octanol–water partition coefficient (Wildman–Crippen LogP) is 5.31. The van der Waals surface area contributed by atoms with Crippen LogP contribution in [0.25, 0.3) is 22.1 Å². The lowest BCUT2D eigenvalue weighted by molar-refractivity contribution is 0.0951. The van der Waals surface area contributed by atoms with Crippen LogP contribution in [0.1, 0.15) is 28.9 Å². The number of carbonyl (C=O) groups is 1. The van der Waals surface area contributed by atoms with Crippen LogP contribution in [0.5, 0.6) is 11.5 Å². The molecule has 4 aromatic rings.